The molecule has 5 fully saturated rings. The van der Waals surface area contributed by atoms with Gasteiger partial charge in [0.2, 0.25) is 0 Å². The summed E-state index contributed by atoms with van der Waals surface area (Å²) in [6, 6.07) is 0. The van der Waals surface area contributed by atoms with Gasteiger partial charge >= 0.3 is 5.97 Å². The van der Waals surface area contributed by atoms with Crippen molar-refractivity contribution in [2.45, 2.75) is 118 Å². The van der Waals surface area contributed by atoms with Crippen LogP contribution >= 0.6 is 0 Å². The van der Waals surface area contributed by atoms with E-state index in [4.69, 9.17) is 0 Å². The molecule has 5 aliphatic carbocycles. The third kappa shape index (κ3) is 2.93. The average molecular weight is 473 g/mol. The van der Waals surface area contributed by atoms with Crippen molar-refractivity contribution in [1.29, 1.82) is 0 Å². The number of rotatable bonds is 5. The lowest BCUT2D eigenvalue weighted by Crippen LogP contribution is -2.57. The van der Waals surface area contributed by atoms with Crippen molar-refractivity contribution in [2.75, 3.05) is 0 Å². The molecule has 0 aromatic rings. The molecule has 10 atom stereocenters. The van der Waals surface area contributed by atoms with Crippen LogP contribution in [0, 0.1) is 50.7 Å². The Hall–Kier alpha value is -0.870. The molecule has 0 aromatic heterocycles. The van der Waals surface area contributed by atoms with Crippen molar-refractivity contribution in [2.24, 2.45) is 50.7 Å². The standard InChI is InChI=1S/C30H48O4/c1-18(25(33)34)7-8-21(31)19(2)20-11-13-28(6)23-10-9-22-26(3,4)24(32)12-14-29(22)17-30(23,29)16-15-27(20,28)5/h7,19-24,31-32H,8-17H2,1-6H3,(H,33,34)/b18-7+/t19-,20+,21+,22-,23-,24-,27+,28-,29+,30-/m0/s1. The Bertz CT molecular complexity index is 892. The second-order valence-corrected chi connectivity index (χ2v) is 14.4. The monoisotopic (exact) mass is 472 g/mol. The lowest BCUT2D eigenvalue weighted by molar-refractivity contribution is -0.163. The Morgan fingerprint density at radius 2 is 1.59 bits per heavy atom. The van der Waals surface area contributed by atoms with Crippen molar-refractivity contribution < 1.29 is 20.1 Å². The summed E-state index contributed by atoms with van der Waals surface area (Å²) in [7, 11) is 0. The van der Waals surface area contributed by atoms with Crippen LogP contribution in [-0.4, -0.2) is 33.5 Å². The van der Waals surface area contributed by atoms with Gasteiger partial charge < -0.3 is 15.3 Å². The minimum atomic E-state index is -0.898. The zero-order valence-corrected chi connectivity index (χ0v) is 22.4. The van der Waals surface area contributed by atoms with Gasteiger partial charge in [-0.05, 0) is 122 Å². The first-order chi connectivity index (χ1) is 15.8. The summed E-state index contributed by atoms with van der Waals surface area (Å²) in [6.07, 6.45) is 12.7. The van der Waals surface area contributed by atoms with E-state index >= 15 is 0 Å². The van der Waals surface area contributed by atoms with E-state index in [2.05, 4.69) is 34.6 Å². The summed E-state index contributed by atoms with van der Waals surface area (Å²) in [5, 5.41) is 31.1. The van der Waals surface area contributed by atoms with E-state index in [9.17, 15) is 20.1 Å². The number of aliphatic carboxylic acids is 1. The van der Waals surface area contributed by atoms with Gasteiger partial charge in [-0.3, -0.25) is 0 Å². The van der Waals surface area contributed by atoms with Crippen LogP contribution in [0.25, 0.3) is 0 Å². The highest BCUT2D eigenvalue weighted by atomic mass is 16.4. The Kier molecular flexibility index (Phi) is 5.52. The summed E-state index contributed by atoms with van der Waals surface area (Å²) in [6.45, 7) is 13.6. The maximum absolute atomic E-state index is 11.2. The van der Waals surface area contributed by atoms with E-state index in [1.807, 2.05) is 0 Å². The lowest BCUT2D eigenvalue weighted by atomic mass is 9.41. The van der Waals surface area contributed by atoms with Crippen LogP contribution in [-0.2, 0) is 4.79 Å². The number of carbonyl (C=O) groups is 1. The topological polar surface area (TPSA) is 77.8 Å². The summed E-state index contributed by atoms with van der Waals surface area (Å²) in [5.74, 6) is 1.19. The summed E-state index contributed by atoms with van der Waals surface area (Å²) in [5.41, 5.74) is 1.85. The molecule has 0 aliphatic heterocycles. The van der Waals surface area contributed by atoms with Crippen molar-refractivity contribution >= 4 is 5.97 Å². The third-order valence-corrected chi connectivity index (χ3v) is 13.4. The SMILES string of the molecule is C/C(=C\C[C@@H](O)[C@@H](C)[C@H]1CC[C@@]2(C)[C@@H]3CC[C@H]4C(C)(C)[C@@H](O)CC[C@@]45C[C@@]35CC[C@]12C)C(=O)O. The van der Waals surface area contributed by atoms with Gasteiger partial charge in [0.05, 0.1) is 12.2 Å². The van der Waals surface area contributed by atoms with E-state index in [1.54, 1.807) is 13.0 Å². The van der Waals surface area contributed by atoms with E-state index in [-0.39, 0.29) is 22.9 Å². The van der Waals surface area contributed by atoms with Gasteiger partial charge in [0.25, 0.3) is 0 Å². The summed E-state index contributed by atoms with van der Waals surface area (Å²) < 4.78 is 0. The first kappa shape index (κ1) is 24.8. The highest BCUT2D eigenvalue weighted by Crippen LogP contribution is 2.89. The van der Waals surface area contributed by atoms with Crippen molar-refractivity contribution in [3.8, 4) is 0 Å². The van der Waals surface area contributed by atoms with Crippen LogP contribution < -0.4 is 0 Å². The molecule has 4 heteroatoms. The molecule has 0 aromatic carbocycles. The number of aliphatic hydroxyl groups excluding tert-OH is 2. The van der Waals surface area contributed by atoms with Gasteiger partial charge in [0.1, 0.15) is 0 Å². The molecule has 192 valence electrons. The third-order valence-electron chi connectivity index (χ3n) is 13.4. The molecule has 5 saturated carbocycles. The predicted octanol–water partition coefficient (Wildman–Crippen LogP) is 6.20. The zero-order chi connectivity index (χ0) is 24.9. The lowest BCUT2D eigenvalue weighted by Gasteiger charge is -2.63. The van der Waals surface area contributed by atoms with Gasteiger partial charge in [0, 0.05) is 5.57 Å². The fourth-order valence-electron chi connectivity index (χ4n) is 11.1. The molecular formula is C30H48O4. The number of fused-ring (bicyclic) bond motifs is 2. The smallest absolute Gasteiger partial charge is 0.330 e. The maximum Gasteiger partial charge on any atom is 0.330 e. The molecule has 34 heavy (non-hydrogen) atoms. The molecule has 2 spiro atoms. The van der Waals surface area contributed by atoms with Gasteiger partial charge in [-0.25, -0.2) is 4.79 Å². The van der Waals surface area contributed by atoms with Crippen molar-refractivity contribution in [3.05, 3.63) is 11.6 Å². The number of aliphatic hydroxyl groups is 2. The number of carboxylic acid groups (broad SMARTS) is 1. The van der Waals surface area contributed by atoms with E-state index < -0.39 is 12.1 Å². The highest BCUT2D eigenvalue weighted by Gasteiger charge is 2.82. The summed E-state index contributed by atoms with van der Waals surface area (Å²) >= 11 is 0. The van der Waals surface area contributed by atoms with Crippen LogP contribution in [0.5, 0.6) is 0 Å². The van der Waals surface area contributed by atoms with Gasteiger partial charge in [-0.2, -0.15) is 0 Å². The molecule has 0 heterocycles. The number of carboxylic acids is 1. The molecule has 5 rings (SSSR count). The van der Waals surface area contributed by atoms with Crippen LogP contribution in [0.3, 0.4) is 0 Å². The molecule has 4 nitrogen and oxygen atoms in total. The van der Waals surface area contributed by atoms with Crippen molar-refractivity contribution in [3.63, 3.8) is 0 Å². The van der Waals surface area contributed by atoms with Gasteiger partial charge in [-0.1, -0.05) is 40.7 Å². The molecule has 0 amide bonds. The molecule has 3 N–H and O–H groups in total. The van der Waals surface area contributed by atoms with Crippen LogP contribution in [0.1, 0.15) is 106 Å². The van der Waals surface area contributed by atoms with Gasteiger partial charge in [0.15, 0.2) is 0 Å². The Morgan fingerprint density at radius 3 is 2.26 bits per heavy atom. The first-order valence-corrected chi connectivity index (χ1v) is 14.0. The van der Waals surface area contributed by atoms with Gasteiger partial charge in [-0.15, -0.1) is 0 Å². The van der Waals surface area contributed by atoms with Crippen LogP contribution in [0.15, 0.2) is 11.6 Å². The highest BCUT2D eigenvalue weighted by molar-refractivity contribution is 5.85. The Balaban J connectivity index is 1.39. The maximum atomic E-state index is 11.2. The second kappa shape index (κ2) is 7.57. The van der Waals surface area contributed by atoms with Crippen LogP contribution in [0.2, 0.25) is 0 Å². The van der Waals surface area contributed by atoms with Crippen LogP contribution in [0.4, 0.5) is 0 Å². The fourth-order valence-corrected chi connectivity index (χ4v) is 11.1. The second-order valence-electron chi connectivity index (χ2n) is 14.4. The minimum Gasteiger partial charge on any atom is -0.478 e. The molecule has 0 unspecified atom stereocenters. The van der Waals surface area contributed by atoms with Crippen molar-refractivity contribution in [1.82, 2.24) is 0 Å². The molecular weight excluding hydrogens is 424 g/mol. The quantitative estimate of drug-likeness (QED) is 0.416. The Morgan fingerprint density at radius 1 is 0.941 bits per heavy atom. The minimum absolute atomic E-state index is 0.0345. The zero-order valence-electron chi connectivity index (χ0n) is 22.4. The van der Waals surface area contributed by atoms with E-state index in [0.29, 0.717) is 40.1 Å². The largest absolute Gasteiger partial charge is 0.478 e. The van der Waals surface area contributed by atoms with E-state index in [1.165, 1.54) is 51.4 Å². The molecule has 0 saturated heterocycles. The molecule has 0 bridgehead atoms. The fraction of sp³-hybridized carbons (Fsp3) is 0.900. The summed E-state index contributed by atoms with van der Waals surface area (Å²) in [4.78, 5) is 11.2. The molecule has 0 radical (unpaired) electrons. The normalized spacial score (nSPS) is 50.9. The Labute approximate surface area is 206 Å². The van der Waals surface area contributed by atoms with E-state index in [0.717, 1.165) is 12.3 Å². The first-order valence-electron chi connectivity index (χ1n) is 14.0. The number of hydrogen-bond donors (Lipinski definition) is 3. The number of hydrogen-bond acceptors (Lipinski definition) is 3. The molecule has 5 aliphatic rings. The average Bonchev–Trinajstić information content (AvgIpc) is 3.37. The predicted molar refractivity (Wildman–Crippen MR) is 134 cm³/mol.